The number of methoxy groups -OCH3 is 1. The van der Waals surface area contributed by atoms with E-state index in [1.54, 1.807) is 7.11 Å². The lowest BCUT2D eigenvalue weighted by atomic mass is 10.2. The van der Waals surface area contributed by atoms with Crippen molar-refractivity contribution in [3.8, 4) is 5.75 Å². The summed E-state index contributed by atoms with van der Waals surface area (Å²) in [5.74, 6) is 1.82. The summed E-state index contributed by atoms with van der Waals surface area (Å²) in [7, 11) is 3.59. The fourth-order valence-corrected chi connectivity index (χ4v) is 3.92. The van der Waals surface area contributed by atoms with E-state index in [1.807, 2.05) is 73.0 Å². The van der Waals surface area contributed by atoms with Gasteiger partial charge in [0, 0.05) is 56.9 Å². The van der Waals surface area contributed by atoms with Gasteiger partial charge < -0.3 is 24.4 Å². The number of pyridine rings is 1. The molecule has 1 fully saturated rings. The number of rotatable bonds is 5. The van der Waals surface area contributed by atoms with Gasteiger partial charge in [-0.05, 0) is 43.3 Å². The molecule has 3 heterocycles. The number of benzene rings is 1. The van der Waals surface area contributed by atoms with Crippen LogP contribution in [-0.2, 0) is 7.05 Å². The summed E-state index contributed by atoms with van der Waals surface area (Å²) in [4.78, 5) is 21.9. The molecule has 1 amide bonds. The quantitative estimate of drug-likeness (QED) is 0.672. The number of hydrogen-bond donors (Lipinski definition) is 1. The van der Waals surface area contributed by atoms with Gasteiger partial charge in [-0.2, -0.15) is 0 Å². The zero-order valence-corrected chi connectivity index (χ0v) is 19.2. The van der Waals surface area contributed by atoms with Gasteiger partial charge in [-0.15, -0.1) is 0 Å². The summed E-state index contributed by atoms with van der Waals surface area (Å²) in [6.07, 6.45) is 1.82. The molecule has 0 spiro atoms. The van der Waals surface area contributed by atoms with Crippen molar-refractivity contribution in [1.29, 1.82) is 0 Å². The highest BCUT2D eigenvalue weighted by Gasteiger charge is 2.26. The third kappa shape index (κ3) is 4.60. The lowest BCUT2D eigenvalue weighted by molar-refractivity contribution is 0.0737. The number of nitrogens with one attached hydrogen (secondary N) is 1. The Bertz CT molecular complexity index is 1020. The van der Waals surface area contributed by atoms with Gasteiger partial charge in [0.1, 0.15) is 11.4 Å². The molecule has 31 heavy (non-hydrogen) atoms. The lowest BCUT2D eigenvalue weighted by Gasteiger charge is -2.36. The maximum Gasteiger partial charge on any atom is 0.270 e. The average molecular weight is 424 g/mol. The van der Waals surface area contributed by atoms with Gasteiger partial charge in [-0.25, -0.2) is 4.98 Å². The minimum Gasteiger partial charge on any atom is -0.497 e. The van der Waals surface area contributed by atoms with E-state index in [1.165, 1.54) is 0 Å². The van der Waals surface area contributed by atoms with Crippen LogP contribution in [0.4, 0.5) is 11.5 Å². The first-order chi connectivity index (χ1) is 15.1. The molecule has 1 saturated heterocycles. The monoisotopic (exact) mass is 423 g/mol. The minimum atomic E-state index is 0.0650. The van der Waals surface area contributed by atoms with Crippen LogP contribution >= 0.6 is 0 Å². The van der Waals surface area contributed by atoms with Gasteiger partial charge in [0.05, 0.1) is 12.8 Å². The van der Waals surface area contributed by atoms with Crippen LogP contribution in [0.2, 0.25) is 0 Å². The molecule has 0 atom stereocenters. The number of nitrogens with zero attached hydrogens (tertiary/aromatic N) is 4. The van der Waals surface area contributed by atoms with Gasteiger partial charge in [0.25, 0.3) is 5.91 Å². The molecule has 3 aromatic rings. The molecule has 4 rings (SSSR count). The predicted octanol–water partition coefficient (Wildman–Crippen LogP) is 4.00. The van der Waals surface area contributed by atoms with Gasteiger partial charge in [0.15, 0.2) is 5.82 Å². The number of amides is 1. The van der Waals surface area contributed by atoms with Gasteiger partial charge in [-0.1, -0.05) is 13.8 Å². The fraction of sp³-hybridized carbons (Fsp3) is 0.417. The molecular weight excluding hydrogens is 390 g/mol. The van der Waals surface area contributed by atoms with Gasteiger partial charge >= 0.3 is 0 Å². The van der Waals surface area contributed by atoms with E-state index in [-0.39, 0.29) is 5.91 Å². The topological polar surface area (TPSA) is 62.6 Å². The molecule has 0 aliphatic carbocycles. The predicted molar refractivity (Wildman–Crippen MR) is 127 cm³/mol. The molecule has 1 aromatic carbocycles. The van der Waals surface area contributed by atoms with E-state index in [9.17, 15) is 4.79 Å². The molecule has 7 nitrogen and oxygen atoms in total. The summed E-state index contributed by atoms with van der Waals surface area (Å²) >= 11 is 0. The summed E-state index contributed by atoms with van der Waals surface area (Å²) < 4.78 is 7.27. The number of carbonyl (C=O) groups is 1. The highest BCUT2D eigenvalue weighted by molar-refractivity contribution is 5.99. The van der Waals surface area contributed by atoms with Gasteiger partial charge in [0.2, 0.25) is 0 Å². The normalized spacial score (nSPS) is 13.6. The molecule has 166 valence electrons. The van der Waals surface area contributed by atoms with Crippen LogP contribution in [0.25, 0.3) is 10.9 Å². The Morgan fingerprint density at radius 3 is 2.55 bits per heavy atom. The van der Waals surface area contributed by atoms with Crippen molar-refractivity contribution in [2.24, 2.45) is 7.05 Å². The Balaban J connectivity index is 0.00000132. The van der Waals surface area contributed by atoms with E-state index in [2.05, 4.69) is 22.1 Å². The van der Waals surface area contributed by atoms with Crippen LogP contribution < -0.4 is 15.0 Å². The Morgan fingerprint density at radius 1 is 1.13 bits per heavy atom. The summed E-state index contributed by atoms with van der Waals surface area (Å²) in [6.45, 7) is 9.80. The number of aromatic nitrogens is 2. The first-order valence-electron chi connectivity index (χ1n) is 11.0. The molecule has 1 aliphatic rings. The van der Waals surface area contributed by atoms with Crippen LogP contribution in [0.1, 0.15) is 31.3 Å². The third-order valence-corrected chi connectivity index (χ3v) is 5.49. The largest absolute Gasteiger partial charge is 0.497 e. The zero-order valence-electron chi connectivity index (χ0n) is 19.2. The lowest BCUT2D eigenvalue weighted by Crippen LogP contribution is -2.49. The molecule has 7 heteroatoms. The minimum absolute atomic E-state index is 0.0650. The Labute approximate surface area is 184 Å². The summed E-state index contributed by atoms with van der Waals surface area (Å²) in [5.41, 5.74) is 2.77. The summed E-state index contributed by atoms with van der Waals surface area (Å²) in [6, 6.07) is 11.8. The number of ether oxygens (including phenoxy) is 1. The van der Waals surface area contributed by atoms with Crippen molar-refractivity contribution in [2.45, 2.75) is 20.8 Å². The first kappa shape index (κ1) is 22.5. The molecule has 1 N–H and O–H groups in total. The van der Waals surface area contributed by atoms with Crippen LogP contribution in [0.15, 0.2) is 42.6 Å². The smallest absolute Gasteiger partial charge is 0.270 e. The standard InChI is InChI=1S/C22H27N5O2.C2H6/c1-4-23-18-6-5-9-24-21(18)26-10-12-27(13-11-26)22(28)20-15-16-14-17(29-3)7-8-19(16)25(20)2;1-2/h5-9,14-15,23H,4,10-13H2,1-3H3;1-2H3. The van der Waals surface area contributed by atoms with Crippen LogP contribution in [-0.4, -0.2) is 60.2 Å². The molecule has 0 bridgehead atoms. The SMILES string of the molecule is CC.CCNc1cccnc1N1CCN(C(=O)c2cc3cc(OC)ccc3n2C)CC1. The van der Waals surface area contributed by atoms with E-state index < -0.39 is 0 Å². The van der Waals surface area contributed by atoms with Crippen molar-refractivity contribution in [2.75, 3.05) is 50.1 Å². The Hall–Kier alpha value is -3.22. The number of aryl methyl sites for hydroxylation is 1. The number of hydrogen-bond acceptors (Lipinski definition) is 5. The maximum atomic E-state index is 13.2. The second-order valence-corrected chi connectivity index (χ2v) is 7.20. The highest BCUT2D eigenvalue weighted by Crippen LogP contribution is 2.26. The zero-order chi connectivity index (χ0) is 22.4. The van der Waals surface area contributed by atoms with Crippen molar-refractivity contribution in [3.63, 3.8) is 0 Å². The Morgan fingerprint density at radius 2 is 1.87 bits per heavy atom. The molecular formula is C24H33N5O2. The number of fused-ring (bicyclic) bond motifs is 1. The summed E-state index contributed by atoms with van der Waals surface area (Å²) in [5, 5.41) is 4.38. The highest BCUT2D eigenvalue weighted by atomic mass is 16.5. The Kier molecular flexibility index (Phi) is 7.39. The molecule has 0 radical (unpaired) electrons. The average Bonchev–Trinajstić information content (AvgIpc) is 3.16. The second kappa shape index (κ2) is 10.2. The van der Waals surface area contributed by atoms with Crippen LogP contribution in [0.3, 0.4) is 0 Å². The van der Waals surface area contributed by atoms with Crippen molar-refractivity contribution in [3.05, 3.63) is 48.3 Å². The third-order valence-electron chi connectivity index (χ3n) is 5.49. The molecule has 1 aliphatic heterocycles. The van der Waals surface area contributed by atoms with Crippen molar-refractivity contribution < 1.29 is 9.53 Å². The van der Waals surface area contributed by atoms with Gasteiger partial charge in [-0.3, -0.25) is 4.79 Å². The first-order valence-corrected chi connectivity index (χ1v) is 11.0. The number of anilines is 2. The van der Waals surface area contributed by atoms with Crippen molar-refractivity contribution in [1.82, 2.24) is 14.5 Å². The second-order valence-electron chi connectivity index (χ2n) is 7.20. The van der Waals surface area contributed by atoms with Crippen LogP contribution in [0, 0.1) is 0 Å². The van der Waals surface area contributed by atoms with Crippen molar-refractivity contribution >= 4 is 28.3 Å². The molecule has 0 saturated carbocycles. The van der Waals surface area contributed by atoms with E-state index in [0.717, 1.165) is 47.8 Å². The molecule has 2 aromatic heterocycles. The molecule has 0 unspecified atom stereocenters. The van der Waals surface area contributed by atoms with E-state index >= 15 is 0 Å². The van der Waals surface area contributed by atoms with E-state index in [4.69, 9.17) is 4.74 Å². The number of carbonyl (C=O) groups excluding carboxylic acids is 1. The van der Waals surface area contributed by atoms with E-state index in [0.29, 0.717) is 18.8 Å². The maximum absolute atomic E-state index is 13.2. The van der Waals surface area contributed by atoms with Crippen LogP contribution in [0.5, 0.6) is 5.75 Å². The fourth-order valence-electron chi connectivity index (χ4n) is 3.92. The number of piperazine rings is 1.